The predicted octanol–water partition coefficient (Wildman–Crippen LogP) is 6.89. The standard InChI is InChI=1S/C30H32FN5O4/c1-30(2,3)40-29(37)35-16-4-5-27(35)28-32-25-15-8-21(17-26(25)33-28)19-34(23-13-9-22(31)10-14-23)18-20-6-11-24(12-7-20)36(38)39/h6-15,17,27H,4-5,16,18-19H2,1-3H3,(H,32,33)/t27-/m0/s1. The van der Waals surface area contributed by atoms with Crippen LogP contribution in [-0.4, -0.2) is 38.0 Å². The van der Waals surface area contributed by atoms with E-state index in [4.69, 9.17) is 9.72 Å². The van der Waals surface area contributed by atoms with Crippen LogP contribution in [0.25, 0.3) is 11.0 Å². The fourth-order valence-electron chi connectivity index (χ4n) is 4.98. The predicted molar refractivity (Wildman–Crippen MR) is 150 cm³/mol. The van der Waals surface area contributed by atoms with Gasteiger partial charge in [0.05, 0.1) is 22.0 Å². The van der Waals surface area contributed by atoms with Crippen molar-refractivity contribution in [2.24, 2.45) is 0 Å². The first-order valence-corrected chi connectivity index (χ1v) is 13.3. The summed E-state index contributed by atoms with van der Waals surface area (Å²) in [5.74, 6) is 0.412. The number of nitro groups is 1. The number of anilines is 1. The summed E-state index contributed by atoms with van der Waals surface area (Å²) in [6, 6.07) is 18.5. The van der Waals surface area contributed by atoms with Crippen molar-refractivity contribution in [3.8, 4) is 0 Å². The molecule has 1 fully saturated rings. The van der Waals surface area contributed by atoms with Gasteiger partial charge < -0.3 is 14.6 Å². The minimum atomic E-state index is -0.572. The lowest BCUT2D eigenvalue weighted by molar-refractivity contribution is -0.384. The van der Waals surface area contributed by atoms with E-state index in [1.807, 2.05) is 39.0 Å². The number of aromatic nitrogens is 2. The fraction of sp³-hybridized carbons (Fsp3) is 0.333. The number of benzene rings is 3. The van der Waals surface area contributed by atoms with Crippen molar-refractivity contribution < 1.29 is 18.8 Å². The van der Waals surface area contributed by atoms with Crippen LogP contribution in [0.4, 0.5) is 20.6 Å². The van der Waals surface area contributed by atoms with E-state index in [2.05, 4.69) is 9.88 Å². The zero-order valence-corrected chi connectivity index (χ0v) is 22.8. The maximum Gasteiger partial charge on any atom is 0.410 e. The van der Waals surface area contributed by atoms with Gasteiger partial charge in [0.2, 0.25) is 0 Å². The molecule has 208 valence electrons. The molecule has 1 atom stereocenters. The summed E-state index contributed by atoms with van der Waals surface area (Å²) in [5.41, 5.74) is 3.84. The van der Waals surface area contributed by atoms with Gasteiger partial charge in [0.1, 0.15) is 17.2 Å². The van der Waals surface area contributed by atoms with Crippen molar-refractivity contribution in [2.45, 2.75) is 58.3 Å². The highest BCUT2D eigenvalue weighted by Gasteiger charge is 2.35. The van der Waals surface area contributed by atoms with E-state index >= 15 is 0 Å². The summed E-state index contributed by atoms with van der Waals surface area (Å²) in [6.07, 6.45) is 1.35. The van der Waals surface area contributed by atoms with Crippen LogP contribution in [0.3, 0.4) is 0 Å². The average Bonchev–Trinajstić information content (AvgIpc) is 3.55. The van der Waals surface area contributed by atoms with Gasteiger partial charge in [-0.2, -0.15) is 0 Å². The lowest BCUT2D eigenvalue weighted by atomic mass is 10.1. The lowest BCUT2D eigenvalue weighted by Gasteiger charge is -2.27. The summed E-state index contributed by atoms with van der Waals surface area (Å²) in [6.45, 7) is 7.18. The Bertz CT molecular complexity index is 1510. The summed E-state index contributed by atoms with van der Waals surface area (Å²) in [5, 5.41) is 11.1. The van der Waals surface area contributed by atoms with Gasteiger partial charge in [-0.05, 0) is 81.1 Å². The Balaban J connectivity index is 1.38. The van der Waals surface area contributed by atoms with E-state index in [1.54, 1.807) is 29.2 Å². The number of nitro benzene ring substituents is 1. The highest BCUT2D eigenvalue weighted by Crippen LogP contribution is 2.33. The number of likely N-dealkylation sites (tertiary alicyclic amines) is 1. The molecule has 1 aliphatic rings. The first kappa shape index (κ1) is 27.1. The van der Waals surface area contributed by atoms with E-state index in [9.17, 15) is 19.3 Å². The number of carbonyl (C=O) groups excluding carboxylic acids is 1. The largest absolute Gasteiger partial charge is 0.444 e. The number of nitrogens with zero attached hydrogens (tertiary/aromatic N) is 4. The maximum absolute atomic E-state index is 13.7. The van der Waals surface area contributed by atoms with Crippen molar-refractivity contribution in [1.29, 1.82) is 0 Å². The number of halogens is 1. The monoisotopic (exact) mass is 545 g/mol. The SMILES string of the molecule is CC(C)(C)OC(=O)N1CCC[C@H]1c1nc2ccc(CN(Cc3ccc([N+](=O)[O-])cc3)c3ccc(F)cc3)cc2[nH]1. The quantitative estimate of drug-likeness (QED) is 0.200. The average molecular weight is 546 g/mol. The Morgan fingerprint density at radius 2 is 1.77 bits per heavy atom. The zero-order chi connectivity index (χ0) is 28.4. The maximum atomic E-state index is 13.7. The molecule has 40 heavy (non-hydrogen) atoms. The van der Waals surface area contributed by atoms with Gasteiger partial charge in [-0.25, -0.2) is 14.2 Å². The number of ether oxygens (including phenoxy) is 1. The molecule has 4 aromatic rings. The van der Waals surface area contributed by atoms with Gasteiger partial charge in [0.15, 0.2) is 0 Å². The van der Waals surface area contributed by atoms with E-state index < -0.39 is 10.5 Å². The van der Waals surface area contributed by atoms with Crippen LogP contribution in [0.2, 0.25) is 0 Å². The molecule has 2 heterocycles. The number of non-ortho nitro benzene ring substituents is 1. The van der Waals surface area contributed by atoms with Gasteiger partial charge in [0.25, 0.3) is 5.69 Å². The summed E-state index contributed by atoms with van der Waals surface area (Å²) < 4.78 is 19.3. The van der Waals surface area contributed by atoms with Crippen LogP contribution < -0.4 is 4.90 Å². The molecule has 1 aromatic heterocycles. The number of amides is 1. The van der Waals surface area contributed by atoms with E-state index in [1.165, 1.54) is 24.3 Å². The zero-order valence-electron chi connectivity index (χ0n) is 22.8. The van der Waals surface area contributed by atoms with Crippen LogP contribution >= 0.6 is 0 Å². The summed E-state index contributed by atoms with van der Waals surface area (Å²) >= 11 is 0. The number of H-pyrrole nitrogens is 1. The molecule has 0 bridgehead atoms. The molecule has 1 aliphatic heterocycles. The number of nitrogens with one attached hydrogen (secondary N) is 1. The molecule has 0 saturated carbocycles. The molecule has 1 saturated heterocycles. The molecule has 1 N–H and O–H groups in total. The minimum absolute atomic E-state index is 0.0325. The Hall–Kier alpha value is -4.47. The fourth-order valence-corrected chi connectivity index (χ4v) is 4.98. The van der Waals surface area contributed by atoms with Gasteiger partial charge in [-0.1, -0.05) is 18.2 Å². The number of imidazole rings is 1. The number of aromatic amines is 1. The van der Waals surface area contributed by atoms with Crippen LogP contribution in [0.15, 0.2) is 66.7 Å². The number of hydrogen-bond acceptors (Lipinski definition) is 6. The molecule has 9 nitrogen and oxygen atoms in total. The Morgan fingerprint density at radius 1 is 1.10 bits per heavy atom. The van der Waals surface area contributed by atoms with Crippen LogP contribution in [-0.2, 0) is 17.8 Å². The highest BCUT2D eigenvalue weighted by molar-refractivity contribution is 5.76. The molecule has 0 spiro atoms. The van der Waals surface area contributed by atoms with E-state index in [-0.39, 0.29) is 23.6 Å². The van der Waals surface area contributed by atoms with Gasteiger partial charge in [-0.3, -0.25) is 15.0 Å². The van der Waals surface area contributed by atoms with E-state index in [0.717, 1.165) is 46.5 Å². The van der Waals surface area contributed by atoms with Crippen molar-refractivity contribution in [3.63, 3.8) is 0 Å². The number of hydrogen-bond donors (Lipinski definition) is 1. The lowest BCUT2D eigenvalue weighted by Crippen LogP contribution is -2.36. The molecule has 0 unspecified atom stereocenters. The number of carbonyl (C=O) groups is 1. The number of fused-ring (bicyclic) bond motifs is 1. The molecular weight excluding hydrogens is 513 g/mol. The van der Waals surface area contributed by atoms with Gasteiger partial charge in [0, 0.05) is 37.5 Å². The third-order valence-corrected chi connectivity index (χ3v) is 6.85. The molecule has 0 aliphatic carbocycles. The Kier molecular flexibility index (Phi) is 7.42. The topological polar surface area (TPSA) is 105 Å². The molecule has 5 rings (SSSR count). The third kappa shape index (κ3) is 6.22. The first-order valence-electron chi connectivity index (χ1n) is 13.3. The third-order valence-electron chi connectivity index (χ3n) is 6.85. The van der Waals surface area contributed by atoms with Crippen molar-refractivity contribution >= 4 is 28.5 Å². The van der Waals surface area contributed by atoms with Crippen LogP contribution in [0, 0.1) is 15.9 Å². The van der Waals surface area contributed by atoms with E-state index in [0.29, 0.717) is 19.6 Å². The molecule has 0 radical (unpaired) electrons. The Morgan fingerprint density at radius 3 is 2.45 bits per heavy atom. The number of rotatable bonds is 7. The second-order valence-electron chi connectivity index (χ2n) is 11.1. The second kappa shape index (κ2) is 11.0. The van der Waals surface area contributed by atoms with Crippen molar-refractivity contribution in [1.82, 2.24) is 14.9 Å². The van der Waals surface area contributed by atoms with Crippen LogP contribution in [0.5, 0.6) is 0 Å². The van der Waals surface area contributed by atoms with Gasteiger partial charge in [-0.15, -0.1) is 0 Å². The Labute approximate surface area is 231 Å². The summed E-state index contributed by atoms with van der Waals surface area (Å²) in [7, 11) is 0. The summed E-state index contributed by atoms with van der Waals surface area (Å²) in [4.78, 5) is 35.5. The normalized spacial score (nSPS) is 15.4. The minimum Gasteiger partial charge on any atom is -0.444 e. The van der Waals surface area contributed by atoms with Crippen LogP contribution in [0.1, 0.15) is 56.6 Å². The van der Waals surface area contributed by atoms with Gasteiger partial charge >= 0.3 is 6.09 Å². The first-order chi connectivity index (χ1) is 19.1. The molecule has 10 heteroatoms. The second-order valence-corrected chi connectivity index (χ2v) is 11.1. The molecular formula is C30H32FN5O4. The highest BCUT2D eigenvalue weighted by atomic mass is 19.1. The molecule has 3 aromatic carbocycles. The smallest absolute Gasteiger partial charge is 0.410 e. The molecule has 1 amide bonds. The van der Waals surface area contributed by atoms with Crippen molar-refractivity contribution in [2.75, 3.05) is 11.4 Å². The van der Waals surface area contributed by atoms with Crippen molar-refractivity contribution in [3.05, 3.63) is 99.6 Å².